The van der Waals surface area contributed by atoms with Gasteiger partial charge in [0.25, 0.3) is 0 Å². The summed E-state index contributed by atoms with van der Waals surface area (Å²) in [6, 6.07) is 13.2. The first kappa shape index (κ1) is 17.3. The van der Waals surface area contributed by atoms with Crippen molar-refractivity contribution in [3.05, 3.63) is 59.9 Å². The van der Waals surface area contributed by atoms with Crippen molar-refractivity contribution in [3.8, 4) is 5.75 Å². The van der Waals surface area contributed by atoms with Crippen LogP contribution in [-0.2, 0) is 13.1 Å². The topological polar surface area (TPSA) is 28.6 Å². The van der Waals surface area contributed by atoms with Gasteiger partial charge in [-0.3, -0.25) is 14.8 Å². The number of hydrogen-bond acceptors (Lipinski definition) is 4. The first-order valence-corrected chi connectivity index (χ1v) is 8.69. The van der Waals surface area contributed by atoms with Crippen LogP contribution in [0.5, 0.6) is 5.75 Å². The Morgan fingerprint density at radius 2 is 1.65 bits per heavy atom. The second-order valence-corrected chi connectivity index (χ2v) is 6.92. The minimum atomic E-state index is -4.65. The van der Waals surface area contributed by atoms with Crippen molar-refractivity contribution in [2.75, 3.05) is 13.1 Å². The van der Waals surface area contributed by atoms with E-state index in [1.807, 2.05) is 24.4 Å². The molecule has 4 rings (SSSR count). The van der Waals surface area contributed by atoms with Gasteiger partial charge in [-0.1, -0.05) is 18.2 Å². The molecule has 3 heterocycles. The number of halogens is 3. The molecule has 2 atom stereocenters. The number of nitrogens with zero attached hydrogens (tertiary/aromatic N) is 3. The molecule has 0 radical (unpaired) electrons. The smallest absolute Gasteiger partial charge is 0.406 e. The molecule has 0 N–H and O–H groups in total. The molecule has 2 bridgehead atoms. The fourth-order valence-electron chi connectivity index (χ4n) is 3.95. The van der Waals surface area contributed by atoms with Crippen LogP contribution in [-0.4, -0.2) is 46.3 Å². The lowest BCUT2D eigenvalue weighted by Gasteiger charge is -2.34. The van der Waals surface area contributed by atoms with Crippen LogP contribution in [0.15, 0.2) is 48.7 Å². The molecule has 0 spiro atoms. The third kappa shape index (κ3) is 3.99. The summed E-state index contributed by atoms with van der Waals surface area (Å²) in [6.45, 7) is 3.62. The highest BCUT2D eigenvalue weighted by Crippen LogP contribution is 2.33. The average Bonchev–Trinajstić information content (AvgIpc) is 3.16. The van der Waals surface area contributed by atoms with Gasteiger partial charge in [0.15, 0.2) is 0 Å². The van der Waals surface area contributed by atoms with Crippen LogP contribution in [0, 0.1) is 0 Å². The molecule has 26 heavy (non-hydrogen) atoms. The van der Waals surface area contributed by atoms with Gasteiger partial charge in [0.05, 0.1) is 5.69 Å². The Hall–Kier alpha value is -2.12. The number of ether oxygens (including phenoxy) is 1. The number of fused-ring (bicyclic) bond motifs is 2. The minimum absolute atomic E-state index is 0.175. The summed E-state index contributed by atoms with van der Waals surface area (Å²) in [4.78, 5) is 9.29. The Bertz CT molecular complexity index is 736. The van der Waals surface area contributed by atoms with Crippen molar-refractivity contribution >= 4 is 0 Å². The fraction of sp³-hybridized carbons (Fsp3) is 0.421. The molecule has 2 aliphatic heterocycles. The van der Waals surface area contributed by atoms with E-state index in [2.05, 4.69) is 19.5 Å². The van der Waals surface area contributed by atoms with E-state index in [-0.39, 0.29) is 5.75 Å². The number of aromatic nitrogens is 1. The normalized spacial score (nSPS) is 23.5. The lowest BCUT2D eigenvalue weighted by Crippen LogP contribution is -2.45. The van der Waals surface area contributed by atoms with Crippen molar-refractivity contribution < 1.29 is 17.9 Å². The van der Waals surface area contributed by atoms with Crippen LogP contribution >= 0.6 is 0 Å². The monoisotopic (exact) mass is 363 g/mol. The van der Waals surface area contributed by atoms with Gasteiger partial charge in [-0.25, -0.2) is 0 Å². The van der Waals surface area contributed by atoms with Crippen LogP contribution in [0.25, 0.3) is 0 Å². The molecule has 1 aromatic carbocycles. The van der Waals surface area contributed by atoms with Crippen molar-refractivity contribution in [2.24, 2.45) is 0 Å². The van der Waals surface area contributed by atoms with Gasteiger partial charge in [-0.05, 0) is 36.2 Å². The van der Waals surface area contributed by atoms with Crippen molar-refractivity contribution in [1.29, 1.82) is 0 Å². The lowest BCUT2D eigenvalue weighted by atomic mass is 10.2. The Morgan fingerprint density at radius 1 is 0.962 bits per heavy atom. The summed E-state index contributed by atoms with van der Waals surface area (Å²) in [7, 11) is 0. The molecule has 2 aromatic rings. The molecule has 0 aliphatic carbocycles. The molecule has 1 aromatic heterocycles. The van der Waals surface area contributed by atoms with Crippen molar-refractivity contribution in [1.82, 2.24) is 14.8 Å². The largest absolute Gasteiger partial charge is 0.573 e. The van der Waals surface area contributed by atoms with Crippen LogP contribution in [0.4, 0.5) is 13.2 Å². The predicted octanol–water partition coefficient (Wildman–Crippen LogP) is 3.44. The Balaban J connectivity index is 1.32. The van der Waals surface area contributed by atoms with Gasteiger partial charge in [-0.2, -0.15) is 0 Å². The molecule has 2 saturated heterocycles. The molecular formula is C19H20F3N3O. The van der Waals surface area contributed by atoms with Crippen LogP contribution in [0.2, 0.25) is 0 Å². The molecule has 2 fully saturated rings. The van der Waals surface area contributed by atoms with Gasteiger partial charge in [0.1, 0.15) is 5.75 Å². The Kier molecular flexibility index (Phi) is 4.58. The molecule has 7 heteroatoms. The van der Waals surface area contributed by atoms with Crippen molar-refractivity contribution in [3.63, 3.8) is 0 Å². The molecule has 138 valence electrons. The second-order valence-electron chi connectivity index (χ2n) is 6.92. The fourth-order valence-corrected chi connectivity index (χ4v) is 3.95. The molecule has 2 unspecified atom stereocenters. The summed E-state index contributed by atoms with van der Waals surface area (Å²) in [5.41, 5.74) is 2.09. The van der Waals surface area contributed by atoms with E-state index >= 15 is 0 Å². The number of likely N-dealkylation sites (tertiary alicyclic amines) is 2. The third-order valence-corrected chi connectivity index (χ3v) is 5.10. The highest BCUT2D eigenvalue weighted by atomic mass is 19.4. The molecule has 2 aliphatic rings. The first-order chi connectivity index (χ1) is 12.5. The zero-order valence-corrected chi connectivity index (χ0v) is 14.2. The van der Waals surface area contributed by atoms with Gasteiger partial charge in [-0.15, -0.1) is 13.2 Å². The maximum Gasteiger partial charge on any atom is 0.573 e. The summed E-state index contributed by atoms with van der Waals surface area (Å²) in [5.74, 6) is -0.175. The SMILES string of the molecule is FC(F)(F)Oc1ccc(CN2CC3CC2CN3Cc2ccccn2)cc1. The van der Waals surface area contributed by atoms with Gasteiger partial charge < -0.3 is 4.74 Å². The molecular weight excluding hydrogens is 343 g/mol. The van der Waals surface area contributed by atoms with E-state index in [9.17, 15) is 13.2 Å². The van der Waals surface area contributed by atoms with Gasteiger partial charge in [0, 0.05) is 44.5 Å². The number of alkyl halides is 3. The summed E-state index contributed by atoms with van der Waals surface area (Å²) in [5, 5.41) is 0. The first-order valence-electron chi connectivity index (χ1n) is 8.69. The van der Waals surface area contributed by atoms with Crippen LogP contribution in [0.1, 0.15) is 17.7 Å². The average molecular weight is 363 g/mol. The van der Waals surface area contributed by atoms with E-state index in [0.29, 0.717) is 12.1 Å². The predicted molar refractivity (Wildman–Crippen MR) is 90.4 cm³/mol. The minimum Gasteiger partial charge on any atom is -0.406 e. The van der Waals surface area contributed by atoms with E-state index in [1.165, 1.54) is 12.1 Å². The van der Waals surface area contributed by atoms with E-state index in [1.54, 1.807) is 12.1 Å². The summed E-state index contributed by atoms with van der Waals surface area (Å²) in [6.07, 6.45) is -1.68. The second kappa shape index (κ2) is 6.89. The van der Waals surface area contributed by atoms with Crippen molar-refractivity contribution in [2.45, 2.75) is 38.0 Å². The standard InChI is InChI=1S/C19H20F3N3O/c20-19(21,22)26-18-6-4-14(5-7-18)10-24-12-17-9-16(24)13-25(17)11-15-3-1-2-8-23-15/h1-8,16-17H,9-13H2. The Morgan fingerprint density at radius 3 is 2.23 bits per heavy atom. The number of rotatable bonds is 5. The molecule has 0 amide bonds. The maximum absolute atomic E-state index is 12.2. The van der Waals surface area contributed by atoms with Gasteiger partial charge in [0.2, 0.25) is 0 Å². The van der Waals surface area contributed by atoms with E-state index in [4.69, 9.17) is 0 Å². The number of benzene rings is 1. The molecule has 4 nitrogen and oxygen atoms in total. The van der Waals surface area contributed by atoms with E-state index < -0.39 is 6.36 Å². The van der Waals surface area contributed by atoms with Crippen LogP contribution < -0.4 is 4.74 Å². The Labute approximate surface area is 150 Å². The number of piperazine rings is 1. The number of hydrogen-bond donors (Lipinski definition) is 0. The summed E-state index contributed by atoms with van der Waals surface area (Å²) >= 11 is 0. The zero-order valence-electron chi connectivity index (χ0n) is 14.2. The third-order valence-electron chi connectivity index (χ3n) is 5.10. The van der Waals surface area contributed by atoms with E-state index in [0.717, 1.165) is 43.9 Å². The number of pyridine rings is 1. The zero-order chi connectivity index (χ0) is 18.1. The lowest BCUT2D eigenvalue weighted by molar-refractivity contribution is -0.274. The molecule has 0 saturated carbocycles. The highest BCUT2D eigenvalue weighted by Gasteiger charge is 2.42. The quantitative estimate of drug-likeness (QED) is 0.814. The maximum atomic E-state index is 12.2. The van der Waals surface area contributed by atoms with Gasteiger partial charge >= 0.3 is 6.36 Å². The van der Waals surface area contributed by atoms with Crippen LogP contribution in [0.3, 0.4) is 0 Å². The summed E-state index contributed by atoms with van der Waals surface area (Å²) < 4.78 is 40.6. The highest BCUT2D eigenvalue weighted by molar-refractivity contribution is 5.27.